The van der Waals surface area contributed by atoms with Crippen molar-refractivity contribution in [2.24, 2.45) is 0 Å². The van der Waals surface area contributed by atoms with E-state index in [0.717, 1.165) is 45.6 Å². The maximum absolute atomic E-state index is 12.4. The molecule has 0 spiro atoms. The van der Waals surface area contributed by atoms with E-state index in [1.54, 1.807) is 4.90 Å². The zero-order chi connectivity index (χ0) is 18.3. The molecule has 25 heavy (non-hydrogen) atoms. The maximum atomic E-state index is 12.4. The summed E-state index contributed by atoms with van der Waals surface area (Å²) in [6.45, 7) is 12.1. The zero-order valence-corrected chi connectivity index (χ0v) is 16.0. The normalized spacial score (nSPS) is 20.7. The summed E-state index contributed by atoms with van der Waals surface area (Å²) in [5.41, 5.74) is 2.25. The molecule has 2 rings (SSSR count). The molecule has 1 fully saturated rings. The number of hydrogen-bond donors (Lipinski definition) is 3. The molecule has 0 aliphatic carbocycles. The molecule has 1 aromatic carbocycles. The Morgan fingerprint density at radius 1 is 1.20 bits per heavy atom. The summed E-state index contributed by atoms with van der Waals surface area (Å²) in [5.74, 6) is 2.86. The van der Waals surface area contributed by atoms with Crippen molar-refractivity contribution in [3.8, 4) is 12.3 Å². The van der Waals surface area contributed by atoms with Gasteiger partial charge in [0.05, 0.1) is 0 Å². The van der Waals surface area contributed by atoms with Gasteiger partial charge in [-0.3, -0.25) is 4.79 Å². The molecule has 0 saturated carbocycles. The van der Waals surface area contributed by atoms with Crippen LogP contribution in [0.1, 0.15) is 37.8 Å². The Morgan fingerprint density at radius 2 is 1.84 bits per heavy atom. The minimum absolute atomic E-state index is 0.0822. The van der Waals surface area contributed by atoms with E-state index in [-0.39, 0.29) is 5.91 Å². The molecule has 0 radical (unpaired) electrons. The lowest BCUT2D eigenvalue weighted by Gasteiger charge is -2.31. The van der Waals surface area contributed by atoms with E-state index in [0.29, 0.717) is 6.54 Å². The Balaban J connectivity index is 1.78. The second kappa shape index (κ2) is 9.03. The summed E-state index contributed by atoms with van der Waals surface area (Å²) < 4.78 is 0. The average molecular weight is 344 g/mol. The third kappa shape index (κ3) is 5.59. The van der Waals surface area contributed by atoms with Gasteiger partial charge in [0.25, 0.3) is 5.91 Å². The predicted molar refractivity (Wildman–Crippen MR) is 101 cm³/mol. The highest BCUT2D eigenvalue weighted by atomic mass is 16.2. The number of piperazine rings is 1. The highest BCUT2D eigenvalue weighted by Gasteiger charge is 2.29. The lowest BCUT2D eigenvalue weighted by molar-refractivity contribution is -1.02. The van der Waals surface area contributed by atoms with Crippen molar-refractivity contribution in [2.45, 2.75) is 45.7 Å². The van der Waals surface area contributed by atoms with Crippen LogP contribution < -0.4 is 15.1 Å². The Kier molecular flexibility index (Phi) is 7.04. The van der Waals surface area contributed by atoms with Gasteiger partial charge >= 0.3 is 0 Å². The number of nitrogens with one attached hydrogen (secondary N) is 3. The molecule has 136 valence electrons. The molecule has 1 aromatic rings. The topological polar surface area (TPSA) is 38.0 Å². The number of quaternary nitrogens is 2. The van der Waals surface area contributed by atoms with Crippen molar-refractivity contribution < 1.29 is 14.6 Å². The van der Waals surface area contributed by atoms with E-state index in [1.165, 1.54) is 16.0 Å². The Hall–Kier alpha value is -1.83. The third-order valence-electron chi connectivity index (χ3n) is 5.47. The standard InChI is InChI=1S/C21H31N3O/c1-5-21(6-2,7-3)22-20(25)17-24-13-11-23(12-14-24)16-19-10-8-9-18(4)15-19/h1,8-10,15H,6-7,11-14,16-17H2,2-4H3,(H,22,25)/p+2. The Morgan fingerprint density at radius 3 is 2.40 bits per heavy atom. The van der Waals surface area contributed by atoms with Gasteiger partial charge in [-0.1, -0.05) is 49.6 Å². The lowest BCUT2D eigenvalue weighted by Crippen LogP contribution is -3.28. The van der Waals surface area contributed by atoms with Crippen LogP contribution in [-0.2, 0) is 11.3 Å². The van der Waals surface area contributed by atoms with E-state index in [1.807, 2.05) is 13.8 Å². The molecule has 0 atom stereocenters. The smallest absolute Gasteiger partial charge is 0.276 e. The largest absolute Gasteiger partial charge is 0.335 e. The second-order valence-corrected chi connectivity index (χ2v) is 7.32. The molecule has 1 aliphatic heterocycles. The number of rotatable bonds is 7. The van der Waals surface area contributed by atoms with E-state index >= 15 is 0 Å². The fourth-order valence-corrected chi connectivity index (χ4v) is 3.63. The van der Waals surface area contributed by atoms with Gasteiger partial charge in [0.15, 0.2) is 6.54 Å². The minimum atomic E-state index is -0.477. The first-order chi connectivity index (χ1) is 12.0. The summed E-state index contributed by atoms with van der Waals surface area (Å²) in [4.78, 5) is 15.4. The molecule has 4 heteroatoms. The summed E-state index contributed by atoms with van der Waals surface area (Å²) in [6, 6.07) is 8.76. The van der Waals surface area contributed by atoms with Gasteiger partial charge in [0, 0.05) is 5.56 Å². The third-order valence-corrected chi connectivity index (χ3v) is 5.47. The second-order valence-electron chi connectivity index (χ2n) is 7.32. The van der Waals surface area contributed by atoms with Crippen LogP contribution >= 0.6 is 0 Å². The summed E-state index contributed by atoms with van der Waals surface area (Å²) in [5, 5.41) is 3.08. The van der Waals surface area contributed by atoms with Crippen LogP contribution in [0.25, 0.3) is 0 Å². The van der Waals surface area contributed by atoms with Crippen molar-refractivity contribution in [1.82, 2.24) is 5.32 Å². The number of aryl methyl sites for hydroxylation is 1. The fraction of sp³-hybridized carbons (Fsp3) is 0.571. The van der Waals surface area contributed by atoms with Gasteiger partial charge in [-0.05, 0) is 19.8 Å². The monoisotopic (exact) mass is 343 g/mol. The number of hydrogen-bond acceptors (Lipinski definition) is 1. The van der Waals surface area contributed by atoms with Crippen LogP contribution in [0.4, 0.5) is 0 Å². The molecular weight excluding hydrogens is 310 g/mol. The predicted octanol–water partition coefficient (Wildman–Crippen LogP) is -0.413. The van der Waals surface area contributed by atoms with Gasteiger partial charge in [-0.25, -0.2) is 0 Å². The van der Waals surface area contributed by atoms with Gasteiger partial charge in [-0.15, -0.1) is 6.42 Å². The lowest BCUT2D eigenvalue weighted by atomic mass is 9.94. The van der Waals surface area contributed by atoms with Crippen LogP contribution in [0, 0.1) is 19.3 Å². The summed E-state index contributed by atoms with van der Waals surface area (Å²) >= 11 is 0. The van der Waals surface area contributed by atoms with Crippen molar-refractivity contribution >= 4 is 5.91 Å². The highest BCUT2D eigenvalue weighted by molar-refractivity contribution is 5.78. The molecule has 1 amide bonds. The number of carbonyl (C=O) groups is 1. The van der Waals surface area contributed by atoms with E-state index in [2.05, 4.69) is 42.4 Å². The number of terminal acetylenes is 1. The van der Waals surface area contributed by atoms with Crippen LogP contribution in [-0.4, -0.2) is 44.2 Å². The van der Waals surface area contributed by atoms with Gasteiger partial charge in [-0.2, -0.15) is 0 Å². The molecule has 1 aliphatic rings. The first-order valence-electron chi connectivity index (χ1n) is 9.51. The molecule has 1 saturated heterocycles. The van der Waals surface area contributed by atoms with Crippen LogP contribution in [0.2, 0.25) is 0 Å². The van der Waals surface area contributed by atoms with E-state index in [9.17, 15) is 4.79 Å². The highest BCUT2D eigenvalue weighted by Crippen LogP contribution is 2.12. The maximum Gasteiger partial charge on any atom is 0.276 e. The summed E-state index contributed by atoms with van der Waals surface area (Å²) in [6.07, 6.45) is 7.18. The molecule has 1 heterocycles. The van der Waals surface area contributed by atoms with Crippen molar-refractivity contribution in [2.75, 3.05) is 32.7 Å². The summed E-state index contributed by atoms with van der Waals surface area (Å²) in [7, 11) is 0. The first-order valence-corrected chi connectivity index (χ1v) is 9.51. The number of amides is 1. The van der Waals surface area contributed by atoms with Gasteiger partial charge in [0.1, 0.15) is 38.3 Å². The molecule has 0 unspecified atom stereocenters. The van der Waals surface area contributed by atoms with Crippen LogP contribution in [0.5, 0.6) is 0 Å². The van der Waals surface area contributed by atoms with Crippen molar-refractivity contribution in [3.63, 3.8) is 0 Å². The minimum Gasteiger partial charge on any atom is -0.335 e. The fourth-order valence-electron chi connectivity index (χ4n) is 3.63. The van der Waals surface area contributed by atoms with Gasteiger partial charge < -0.3 is 15.1 Å². The van der Waals surface area contributed by atoms with Crippen LogP contribution in [0.3, 0.4) is 0 Å². The zero-order valence-electron chi connectivity index (χ0n) is 16.0. The Bertz CT molecular complexity index is 608. The molecule has 4 nitrogen and oxygen atoms in total. The van der Waals surface area contributed by atoms with Crippen molar-refractivity contribution in [3.05, 3.63) is 35.4 Å². The molecule has 0 aromatic heterocycles. The number of benzene rings is 1. The average Bonchev–Trinajstić information content (AvgIpc) is 2.61. The van der Waals surface area contributed by atoms with Crippen molar-refractivity contribution in [1.29, 1.82) is 0 Å². The van der Waals surface area contributed by atoms with E-state index < -0.39 is 5.54 Å². The Labute approximate surface area is 152 Å². The van der Waals surface area contributed by atoms with Crippen LogP contribution in [0.15, 0.2) is 24.3 Å². The molecule has 3 N–H and O–H groups in total. The molecule has 0 bridgehead atoms. The first kappa shape index (κ1) is 19.5. The quantitative estimate of drug-likeness (QED) is 0.579. The molecular formula is C21H33N3O+2. The van der Waals surface area contributed by atoms with E-state index in [4.69, 9.17) is 6.42 Å². The van der Waals surface area contributed by atoms with Gasteiger partial charge in [0.2, 0.25) is 0 Å². The number of carbonyl (C=O) groups excluding carboxylic acids is 1. The SMILES string of the molecule is C#CC(CC)(CC)NC(=O)C[NH+]1CC[NH+](Cc2cccc(C)c2)CC1.